The van der Waals surface area contributed by atoms with Gasteiger partial charge in [0.1, 0.15) is 24.6 Å². The van der Waals surface area contributed by atoms with Crippen LogP contribution in [-0.2, 0) is 10.9 Å². The number of nitrogens with zero attached hydrogens (tertiary/aromatic N) is 1. The number of carbonyl (C=O) groups excluding carboxylic acids is 1. The molecule has 1 amide bonds. The molecule has 2 atom stereocenters. The number of anilines is 1. The number of fused-ring (bicyclic) bond motifs is 3. The van der Waals surface area contributed by atoms with Crippen LogP contribution in [-0.4, -0.2) is 40.5 Å². The molecule has 0 spiro atoms. The lowest BCUT2D eigenvalue weighted by atomic mass is 9.98. The second kappa shape index (κ2) is 9.32. The van der Waals surface area contributed by atoms with Crippen LogP contribution in [0.3, 0.4) is 0 Å². The smallest absolute Gasteiger partial charge is 0.417 e. The second-order valence-corrected chi connectivity index (χ2v) is 7.91. The molecule has 1 heterocycles. The number of alkyl carbamates (subject to hydrolysis) is 1. The molecule has 34 heavy (non-hydrogen) atoms. The molecule has 10 heteroatoms. The monoisotopic (exact) mass is 473 g/mol. The lowest BCUT2D eigenvalue weighted by molar-refractivity contribution is -0.138. The summed E-state index contributed by atoms with van der Waals surface area (Å²) in [6, 6.07) is 16.2. The predicted octanol–water partition coefficient (Wildman–Crippen LogP) is 3.62. The normalized spacial score (nSPS) is 14.7. The van der Waals surface area contributed by atoms with Gasteiger partial charge >= 0.3 is 12.3 Å². The van der Waals surface area contributed by atoms with Gasteiger partial charge in [-0.2, -0.15) is 13.2 Å². The summed E-state index contributed by atoms with van der Waals surface area (Å²) in [5.41, 5.74) is 8.24. The molecule has 1 aliphatic carbocycles. The van der Waals surface area contributed by atoms with Gasteiger partial charge in [-0.1, -0.05) is 48.5 Å². The van der Waals surface area contributed by atoms with Crippen LogP contribution in [0.4, 0.5) is 23.8 Å². The summed E-state index contributed by atoms with van der Waals surface area (Å²) in [7, 11) is 0. The van der Waals surface area contributed by atoms with Gasteiger partial charge in [0, 0.05) is 24.2 Å². The highest BCUT2D eigenvalue weighted by Crippen LogP contribution is 2.44. The van der Waals surface area contributed by atoms with E-state index in [0.717, 1.165) is 22.3 Å². The van der Waals surface area contributed by atoms with E-state index in [-0.39, 0.29) is 18.3 Å². The zero-order valence-corrected chi connectivity index (χ0v) is 17.8. The van der Waals surface area contributed by atoms with Crippen molar-refractivity contribution in [2.75, 3.05) is 18.9 Å². The van der Waals surface area contributed by atoms with E-state index in [0.29, 0.717) is 12.3 Å². The molecule has 178 valence electrons. The molecule has 0 saturated carbocycles. The first-order valence-corrected chi connectivity index (χ1v) is 10.4. The maximum atomic E-state index is 12.9. The molecule has 4 rings (SSSR count). The minimum atomic E-state index is -4.69. The number of hydrogen-bond donors (Lipinski definition) is 4. The Bertz CT molecular complexity index is 1160. The molecule has 0 bridgehead atoms. The van der Waals surface area contributed by atoms with E-state index in [2.05, 4.69) is 10.3 Å². The highest BCUT2D eigenvalue weighted by molar-refractivity contribution is 5.79. The van der Waals surface area contributed by atoms with E-state index in [1.165, 1.54) is 0 Å². The molecular formula is C24H22F3N3O4. The molecule has 0 radical (unpaired) electrons. The summed E-state index contributed by atoms with van der Waals surface area (Å²) in [6.07, 6.45) is -8.45. The number of hydrogen-bond acceptors (Lipinski definition) is 6. The van der Waals surface area contributed by atoms with Crippen LogP contribution in [0, 0.1) is 0 Å². The zero-order chi connectivity index (χ0) is 24.5. The number of amides is 1. The average molecular weight is 473 g/mol. The Morgan fingerprint density at radius 2 is 1.68 bits per heavy atom. The quantitative estimate of drug-likeness (QED) is 0.435. The first-order chi connectivity index (χ1) is 16.2. The highest BCUT2D eigenvalue weighted by atomic mass is 19.4. The van der Waals surface area contributed by atoms with Crippen LogP contribution in [0.15, 0.2) is 60.8 Å². The van der Waals surface area contributed by atoms with Gasteiger partial charge in [0.15, 0.2) is 0 Å². The number of aliphatic hydroxyl groups excluding tert-OH is 2. The molecule has 1 aliphatic rings. The van der Waals surface area contributed by atoms with Crippen LogP contribution in [0.5, 0.6) is 0 Å². The fourth-order valence-electron chi connectivity index (χ4n) is 4.04. The number of carbonyl (C=O) groups is 1. The number of nitrogens with one attached hydrogen (secondary N) is 1. The molecule has 3 aromatic rings. The van der Waals surface area contributed by atoms with Crippen molar-refractivity contribution in [2.24, 2.45) is 0 Å². The largest absolute Gasteiger partial charge is 0.449 e. The summed E-state index contributed by atoms with van der Waals surface area (Å²) in [4.78, 5) is 15.7. The van der Waals surface area contributed by atoms with Gasteiger partial charge in [-0.25, -0.2) is 9.78 Å². The highest BCUT2D eigenvalue weighted by Gasteiger charge is 2.33. The van der Waals surface area contributed by atoms with Gasteiger partial charge in [-0.05, 0) is 28.3 Å². The summed E-state index contributed by atoms with van der Waals surface area (Å²) >= 11 is 0. The molecule has 1 aromatic heterocycles. The van der Waals surface area contributed by atoms with E-state index in [1.54, 1.807) is 0 Å². The number of pyridine rings is 1. The Hall–Kier alpha value is -3.63. The van der Waals surface area contributed by atoms with Crippen LogP contribution < -0.4 is 11.1 Å². The van der Waals surface area contributed by atoms with Crippen molar-refractivity contribution in [2.45, 2.75) is 24.3 Å². The fourth-order valence-corrected chi connectivity index (χ4v) is 4.04. The Kier molecular flexibility index (Phi) is 6.45. The maximum Gasteiger partial charge on any atom is 0.417 e. The van der Waals surface area contributed by atoms with Gasteiger partial charge in [0.25, 0.3) is 0 Å². The topological polar surface area (TPSA) is 118 Å². The first-order valence-electron chi connectivity index (χ1n) is 10.4. The van der Waals surface area contributed by atoms with Gasteiger partial charge < -0.3 is 26.0 Å². The van der Waals surface area contributed by atoms with Gasteiger partial charge in [-0.3, -0.25) is 0 Å². The Balaban J connectivity index is 1.36. The standard InChI is InChI=1S/C24H22F3N3O4/c25-24(26,27)13-9-18(22(28)29-10-13)21(32)20(31)11-30-23(33)34-12-19-16-7-3-1-5-14(16)15-6-2-4-8-17(15)19/h1-10,19-21,31-32H,11-12H2,(H2,28,29)(H,30,33). The SMILES string of the molecule is Nc1ncc(C(F)(F)F)cc1C(O)C(O)CNC(=O)OCC1c2ccccc2-c2ccccc21. The van der Waals surface area contributed by atoms with Crippen molar-refractivity contribution in [3.63, 3.8) is 0 Å². The van der Waals surface area contributed by atoms with Crippen molar-refractivity contribution in [3.8, 4) is 11.1 Å². The van der Waals surface area contributed by atoms with Gasteiger partial charge in [0.05, 0.1) is 5.56 Å². The van der Waals surface area contributed by atoms with Crippen LogP contribution in [0.25, 0.3) is 11.1 Å². The van der Waals surface area contributed by atoms with Crippen molar-refractivity contribution < 1.29 is 32.9 Å². The van der Waals surface area contributed by atoms with Crippen molar-refractivity contribution in [3.05, 3.63) is 83.0 Å². The molecule has 7 nitrogen and oxygen atoms in total. The predicted molar refractivity (Wildman–Crippen MR) is 118 cm³/mol. The van der Waals surface area contributed by atoms with E-state index in [1.807, 2.05) is 48.5 Å². The van der Waals surface area contributed by atoms with Crippen LogP contribution in [0.2, 0.25) is 0 Å². The number of benzene rings is 2. The van der Waals surface area contributed by atoms with Gasteiger partial charge in [0.2, 0.25) is 0 Å². The zero-order valence-electron chi connectivity index (χ0n) is 17.8. The third kappa shape index (κ3) is 4.68. The fraction of sp³-hybridized carbons (Fsp3) is 0.250. The van der Waals surface area contributed by atoms with Crippen LogP contribution >= 0.6 is 0 Å². The van der Waals surface area contributed by atoms with E-state index in [4.69, 9.17) is 10.5 Å². The maximum absolute atomic E-state index is 12.9. The van der Waals surface area contributed by atoms with E-state index >= 15 is 0 Å². The Morgan fingerprint density at radius 3 is 2.26 bits per heavy atom. The minimum Gasteiger partial charge on any atom is -0.449 e. The summed E-state index contributed by atoms with van der Waals surface area (Å²) in [5.74, 6) is -0.523. The molecular weight excluding hydrogens is 451 g/mol. The number of aromatic nitrogens is 1. The number of rotatable bonds is 6. The lowest BCUT2D eigenvalue weighted by Crippen LogP contribution is -2.36. The molecule has 2 aromatic carbocycles. The summed E-state index contributed by atoms with van der Waals surface area (Å²) in [6.45, 7) is -0.434. The van der Waals surface area contributed by atoms with Crippen molar-refractivity contribution in [1.82, 2.24) is 10.3 Å². The number of halogens is 3. The first kappa shape index (κ1) is 23.5. The van der Waals surface area contributed by atoms with E-state index < -0.39 is 42.1 Å². The Morgan fingerprint density at radius 1 is 1.09 bits per heavy atom. The lowest BCUT2D eigenvalue weighted by Gasteiger charge is -2.21. The van der Waals surface area contributed by atoms with Gasteiger partial charge in [-0.15, -0.1) is 0 Å². The van der Waals surface area contributed by atoms with Crippen molar-refractivity contribution >= 4 is 11.9 Å². The summed E-state index contributed by atoms with van der Waals surface area (Å²) in [5, 5.41) is 22.8. The third-order valence-electron chi connectivity index (χ3n) is 5.76. The number of aliphatic hydroxyl groups is 2. The Labute approximate surface area is 193 Å². The van der Waals surface area contributed by atoms with E-state index in [9.17, 15) is 28.2 Å². The number of ether oxygens (including phenoxy) is 1. The molecule has 5 N–H and O–H groups in total. The van der Waals surface area contributed by atoms with Crippen LogP contribution in [0.1, 0.15) is 34.3 Å². The number of nitrogens with two attached hydrogens (primary N) is 1. The molecule has 0 aliphatic heterocycles. The number of alkyl halides is 3. The minimum absolute atomic E-state index is 0.0446. The second-order valence-electron chi connectivity index (χ2n) is 7.91. The van der Waals surface area contributed by atoms with Crippen molar-refractivity contribution in [1.29, 1.82) is 0 Å². The molecule has 0 saturated heterocycles. The summed E-state index contributed by atoms with van der Waals surface area (Å²) < 4.78 is 44.1. The third-order valence-corrected chi connectivity index (χ3v) is 5.76. The molecule has 0 fully saturated rings. The molecule has 2 unspecified atom stereocenters. The number of nitrogen functional groups attached to an aromatic ring is 1. The average Bonchev–Trinajstić information content (AvgIpc) is 3.14.